The predicted molar refractivity (Wildman–Crippen MR) is 85.7 cm³/mol. The topological polar surface area (TPSA) is 119 Å². The van der Waals surface area contributed by atoms with E-state index >= 15 is 0 Å². The predicted octanol–water partition coefficient (Wildman–Crippen LogP) is 2.40. The van der Waals surface area contributed by atoms with Gasteiger partial charge in [-0.3, -0.25) is 15.2 Å². The zero-order chi connectivity index (χ0) is 17.0. The van der Waals surface area contributed by atoms with Crippen LogP contribution in [0, 0.1) is 14.9 Å². The van der Waals surface area contributed by atoms with Crippen molar-refractivity contribution in [2.75, 3.05) is 7.11 Å². The number of nitrogens with one attached hydrogen (secondary N) is 1. The molecule has 1 aromatic carbocycles. The molecule has 0 aliphatic heterocycles. The standard InChI is InChI=1S/C13H15N5O4S/c1-3-4-11-15-16-13(23)17(11)14-7-8-5-9(18(20)21)6-10(22-2)12(8)19/h5-7,19H,3-4H2,1-2H3,(H,16,23)/b14-7-. The van der Waals surface area contributed by atoms with Crippen molar-refractivity contribution in [3.8, 4) is 11.5 Å². The Morgan fingerprint density at radius 1 is 1.61 bits per heavy atom. The van der Waals surface area contributed by atoms with Crippen LogP contribution in [0.15, 0.2) is 17.2 Å². The Labute approximate surface area is 136 Å². The smallest absolute Gasteiger partial charge is 0.274 e. The summed E-state index contributed by atoms with van der Waals surface area (Å²) in [5, 5.41) is 31.8. The first kappa shape index (κ1) is 16.6. The van der Waals surface area contributed by atoms with Crippen molar-refractivity contribution in [2.24, 2.45) is 5.10 Å². The summed E-state index contributed by atoms with van der Waals surface area (Å²) in [4.78, 5) is 10.4. The van der Waals surface area contributed by atoms with Gasteiger partial charge in [-0.25, -0.2) is 0 Å². The molecular formula is C13H15N5O4S. The summed E-state index contributed by atoms with van der Waals surface area (Å²) in [6.45, 7) is 1.99. The molecule has 0 fully saturated rings. The average Bonchev–Trinajstić information content (AvgIpc) is 2.87. The summed E-state index contributed by atoms with van der Waals surface area (Å²) in [6, 6.07) is 2.34. The molecule has 0 aliphatic carbocycles. The van der Waals surface area contributed by atoms with Crippen LogP contribution >= 0.6 is 12.2 Å². The fourth-order valence-corrected chi connectivity index (χ4v) is 2.12. The fourth-order valence-electron chi connectivity index (χ4n) is 1.92. The van der Waals surface area contributed by atoms with Gasteiger partial charge in [0.05, 0.1) is 24.3 Å². The number of H-pyrrole nitrogens is 1. The van der Waals surface area contributed by atoms with E-state index in [2.05, 4.69) is 15.3 Å². The number of aryl methyl sites for hydroxylation is 1. The van der Waals surface area contributed by atoms with Crippen LogP contribution in [-0.2, 0) is 6.42 Å². The highest BCUT2D eigenvalue weighted by Crippen LogP contribution is 2.33. The van der Waals surface area contributed by atoms with Gasteiger partial charge < -0.3 is 9.84 Å². The van der Waals surface area contributed by atoms with E-state index in [4.69, 9.17) is 17.0 Å². The van der Waals surface area contributed by atoms with E-state index < -0.39 is 4.92 Å². The molecular weight excluding hydrogens is 322 g/mol. The summed E-state index contributed by atoms with van der Waals surface area (Å²) >= 11 is 5.09. The van der Waals surface area contributed by atoms with E-state index in [0.717, 1.165) is 12.5 Å². The van der Waals surface area contributed by atoms with Crippen LogP contribution in [0.1, 0.15) is 24.7 Å². The average molecular weight is 337 g/mol. The zero-order valence-electron chi connectivity index (χ0n) is 12.5. The van der Waals surface area contributed by atoms with Crippen LogP contribution in [0.4, 0.5) is 5.69 Å². The van der Waals surface area contributed by atoms with Gasteiger partial charge in [0.2, 0.25) is 4.77 Å². The van der Waals surface area contributed by atoms with Crippen LogP contribution < -0.4 is 4.74 Å². The zero-order valence-corrected chi connectivity index (χ0v) is 13.3. The third kappa shape index (κ3) is 3.54. The molecule has 0 unspecified atom stereocenters. The number of aromatic nitrogens is 3. The summed E-state index contributed by atoms with van der Waals surface area (Å²) in [7, 11) is 1.31. The Hall–Kier alpha value is -2.75. The van der Waals surface area contributed by atoms with Crippen LogP contribution in [0.2, 0.25) is 0 Å². The largest absolute Gasteiger partial charge is 0.504 e. The maximum atomic E-state index is 10.9. The molecule has 1 aromatic heterocycles. The molecule has 0 saturated carbocycles. The van der Waals surface area contributed by atoms with Crippen molar-refractivity contribution in [3.63, 3.8) is 0 Å². The lowest BCUT2D eigenvalue weighted by atomic mass is 10.2. The lowest BCUT2D eigenvalue weighted by molar-refractivity contribution is -0.385. The van der Waals surface area contributed by atoms with E-state index in [1.54, 1.807) is 0 Å². The second-order valence-corrected chi connectivity index (χ2v) is 4.98. The van der Waals surface area contributed by atoms with Crippen molar-refractivity contribution >= 4 is 24.1 Å². The molecule has 0 atom stereocenters. The molecule has 2 N–H and O–H groups in total. The number of aromatic amines is 1. The number of rotatable bonds is 6. The van der Waals surface area contributed by atoms with Crippen LogP contribution in [-0.4, -0.2) is 38.2 Å². The number of benzene rings is 1. The number of ether oxygens (including phenoxy) is 1. The Morgan fingerprint density at radius 2 is 2.35 bits per heavy atom. The third-order valence-electron chi connectivity index (χ3n) is 3.02. The SMILES string of the molecule is CCCc1n[nH]c(=S)n1/N=C\c1cc([N+](=O)[O-])cc(OC)c1O. The molecule has 0 amide bonds. The van der Waals surface area contributed by atoms with Crippen LogP contribution in [0.5, 0.6) is 11.5 Å². The number of aromatic hydroxyl groups is 1. The maximum absolute atomic E-state index is 10.9. The molecule has 0 radical (unpaired) electrons. The first-order chi connectivity index (χ1) is 11.0. The molecule has 2 rings (SSSR count). The van der Waals surface area contributed by atoms with Gasteiger partial charge >= 0.3 is 0 Å². The van der Waals surface area contributed by atoms with Crippen molar-refractivity contribution in [2.45, 2.75) is 19.8 Å². The Bertz CT molecular complexity index is 811. The quantitative estimate of drug-likeness (QED) is 0.361. The van der Waals surface area contributed by atoms with Crippen molar-refractivity contribution in [3.05, 3.63) is 38.4 Å². The minimum Gasteiger partial charge on any atom is -0.504 e. The van der Waals surface area contributed by atoms with Gasteiger partial charge in [0.25, 0.3) is 5.69 Å². The highest BCUT2D eigenvalue weighted by molar-refractivity contribution is 7.71. The number of methoxy groups -OCH3 is 1. The molecule has 122 valence electrons. The Kier molecular flexibility index (Phi) is 5.06. The number of non-ortho nitro benzene ring substituents is 1. The van der Waals surface area contributed by atoms with Gasteiger partial charge in [0.1, 0.15) is 0 Å². The second-order valence-electron chi connectivity index (χ2n) is 4.59. The molecule has 23 heavy (non-hydrogen) atoms. The Morgan fingerprint density at radius 3 is 2.96 bits per heavy atom. The molecule has 1 heterocycles. The normalized spacial score (nSPS) is 11.0. The van der Waals surface area contributed by atoms with Gasteiger partial charge in [0, 0.05) is 18.1 Å². The van der Waals surface area contributed by atoms with E-state index in [-0.39, 0.29) is 22.7 Å². The van der Waals surface area contributed by atoms with Gasteiger partial charge in [0.15, 0.2) is 17.3 Å². The lowest BCUT2D eigenvalue weighted by Crippen LogP contribution is -2.00. The highest BCUT2D eigenvalue weighted by atomic mass is 32.1. The van der Waals surface area contributed by atoms with Crippen molar-refractivity contribution in [1.82, 2.24) is 14.9 Å². The van der Waals surface area contributed by atoms with Gasteiger partial charge in [-0.2, -0.15) is 14.9 Å². The molecule has 0 spiro atoms. The number of hydrogen-bond donors (Lipinski definition) is 2. The summed E-state index contributed by atoms with van der Waals surface area (Å²) < 4.78 is 6.64. The van der Waals surface area contributed by atoms with E-state index in [9.17, 15) is 15.2 Å². The lowest BCUT2D eigenvalue weighted by Gasteiger charge is -2.06. The van der Waals surface area contributed by atoms with Crippen molar-refractivity contribution in [1.29, 1.82) is 0 Å². The van der Waals surface area contributed by atoms with E-state index in [1.807, 2.05) is 6.92 Å². The number of hydrogen-bond acceptors (Lipinski definition) is 7. The number of phenols is 1. The third-order valence-corrected chi connectivity index (χ3v) is 3.29. The van der Waals surface area contributed by atoms with E-state index in [0.29, 0.717) is 17.0 Å². The van der Waals surface area contributed by atoms with Crippen LogP contribution in [0.3, 0.4) is 0 Å². The second kappa shape index (κ2) is 7.01. The molecule has 0 aliphatic rings. The van der Waals surface area contributed by atoms with Gasteiger partial charge in [-0.05, 0) is 18.6 Å². The summed E-state index contributed by atoms with van der Waals surface area (Å²) in [6.07, 6.45) is 2.79. The summed E-state index contributed by atoms with van der Waals surface area (Å²) in [5.74, 6) is 0.379. The number of nitrogens with zero attached hydrogens (tertiary/aromatic N) is 4. The molecule has 10 heteroatoms. The molecule has 2 aromatic rings. The Balaban J connectivity index is 2.47. The van der Waals surface area contributed by atoms with Gasteiger partial charge in [-0.1, -0.05) is 6.92 Å². The molecule has 9 nitrogen and oxygen atoms in total. The monoisotopic (exact) mass is 337 g/mol. The fraction of sp³-hybridized carbons (Fsp3) is 0.308. The first-order valence-corrected chi connectivity index (χ1v) is 7.14. The summed E-state index contributed by atoms with van der Waals surface area (Å²) in [5.41, 5.74) is -0.0766. The molecule has 0 bridgehead atoms. The highest BCUT2D eigenvalue weighted by Gasteiger charge is 2.16. The van der Waals surface area contributed by atoms with Crippen molar-refractivity contribution < 1.29 is 14.8 Å². The van der Waals surface area contributed by atoms with E-state index in [1.165, 1.54) is 24.1 Å². The number of nitro groups is 1. The maximum Gasteiger partial charge on any atom is 0.274 e. The number of nitro benzene ring substituents is 1. The molecule has 0 saturated heterocycles. The van der Waals surface area contributed by atoms with Crippen LogP contribution in [0.25, 0.3) is 0 Å². The minimum atomic E-state index is -0.578. The number of phenolic OH excluding ortho intramolecular Hbond substituents is 1. The minimum absolute atomic E-state index is 0.00905. The first-order valence-electron chi connectivity index (χ1n) is 6.74. The van der Waals surface area contributed by atoms with Gasteiger partial charge in [-0.15, -0.1) is 0 Å².